The average Bonchev–Trinajstić information content (AvgIpc) is 2.48. The fourth-order valence-electron chi connectivity index (χ4n) is 1.54. The molecule has 3 unspecified atom stereocenters. The molecule has 1 rings (SSSR count). The van der Waals surface area contributed by atoms with Gasteiger partial charge in [-0.3, -0.25) is 4.21 Å². The molecular weight excluding hydrogens is 186 g/mol. The van der Waals surface area contributed by atoms with Crippen molar-refractivity contribution in [2.24, 2.45) is 5.73 Å². The first-order valence-corrected chi connectivity index (χ1v) is 6.41. The van der Waals surface area contributed by atoms with E-state index < -0.39 is 10.8 Å². The molecule has 0 aliphatic carbocycles. The van der Waals surface area contributed by atoms with Crippen LogP contribution >= 0.6 is 0 Å². The van der Waals surface area contributed by atoms with Gasteiger partial charge in [-0.25, -0.2) is 0 Å². The molecule has 4 heteroatoms. The zero-order valence-corrected chi connectivity index (χ0v) is 9.02. The van der Waals surface area contributed by atoms with Crippen LogP contribution < -0.4 is 5.73 Å². The molecule has 1 fully saturated rings. The molecule has 2 N–H and O–H groups in total. The largest absolute Gasteiger partial charge is 0.374 e. The summed E-state index contributed by atoms with van der Waals surface area (Å²) in [5.74, 6) is 1.43. The van der Waals surface area contributed by atoms with Crippen molar-refractivity contribution in [2.75, 3.05) is 18.1 Å². The lowest BCUT2D eigenvalue weighted by Crippen LogP contribution is -2.19. The summed E-state index contributed by atoms with van der Waals surface area (Å²) in [6, 6.07) is 0. The molecule has 0 bridgehead atoms. The Hall–Kier alpha value is 0.0700. The first kappa shape index (κ1) is 11.1. The Labute approximate surface area is 82.5 Å². The van der Waals surface area contributed by atoms with Gasteiger partial charge in [-0.1, -0.05) is 0 Å². The monoisotopic (exact) mass is 205 g/mol. The van der Waals surface area contributed by atoms with Gasteiger partial charge in [0.15, 0.2) is 0 Å². The molecule has 1 aliphatic rings. The van der Waals surface area contributed by atoms with Gasteiger partial charge in [-0.05, 0) is 32.7 Å². The zero-order valence-electron chi connectivity index (χ0n) is 8.20. The van der Waals surface area contributed by atoms with Gasteiger partial charge in [0.2, 0.25) is 0 Å². The van der Waals surface area contributed by atoms with E-state index in [9.17, 15) is 4.21 Å². The minimum atomic E-state index is -0.730. The van der Waals surface area contributed by atoms with E-state index in [4.69, 9.17) is 10.5 Å². The normalized spacial score (nSPS) is 30.6. The Balaban J connectivity index is 2.13. The summed E-state index contributed by atoms with van der Waals surface area (Å²) in [5.41, 5.74) is 5.34. The van der Waals surface area contributed by atoms with Crippen molar-refractivity contribution in [1.29, 1.82) is 0 Å². The van der Waals surface area contributed by atoms with E-state index in [1.54, 1.807) is 0 Å². The first-order chi connectivity index (χ1) is 6.22. The molecule has 0 aromatic carbocycles. The molecule has 0 aromatic rings. The van der Waals surface area contributed by atoms with E-state index in [2.05, 4.69) is 6.92 Å². The third-order valence-electron chi connectivity index (χ3n) is 2.27. The second kappa shape index (κ2) is 5.73. The highest BCUT2D eigenvalue weighted by molar-refractivity contribution is 7.85. The third-order valence-corrected chi connectivity index (χ3v) is 3.76. The Kier molecular flexibility index (Phi) is 4.91. The number of hydrogen-bond acceptors (Lipinski definition) is 3. The van der Waals surface area contributed by atoms with Crippen LogP contribution in [0.4, 0.5) is 0 Å². The summed E-state index contributed by atoms with van der Waals surface area (Å²) in [5, 5.41) is 0. The smallest absolute Gasteiger partial charge is 0.0694 e. The molecule has 0 spiro atoms. The van der Waals surface area contributed by atoms with Crippen LogP contribution in [0.2, 0.25) is 0 Å². The molecule has 0 radical (unpaired) electrons. The highest BCUT2D eigenvalue weighted by atomic mass is 32.2. The highest BCUT2D eigenvalue weighted by Gasteiger charge is 2.23. The maximum Gasteiger partial charge on any atom is 0.0694 e. The van der Waals surface area contributed by atoms with Crippen LogP contribution in [0, 0.1) is 0 Å². The van der Waals surface area contributed by atoms with Gasteiger partial charge >= 0.3 is 0 Å². The maximum absolute atomic E-state index is 11.4. The van der Waals surface area contributed by atoms with E-state index in [-0.39, 0.29) is 6.10 Å². The predicted molar refractivity (Wildman–Crippen MR) is 55.1 cm³/mol. The highest BCUT2D eigenvalue weighted by Crippen LogP contribution is 2.19. The van der Waals surface area contributed by atoms with Crippen LogP contribution in [0.15, 0.2) is 0 Å². The van der Waals surface area contributed by atoms with Crippen LogP contribution in [-0.2, 0) is 15.5 Å². The van der Waals surface area contributed by atoms with Crippen molar-refractivity contribution in [2.45, 2.75) is 38.4 Å². The number of rotatable bonds is 5. The van der Waals surface area contributed by atoms with Crippen LogP contribution in [0.25, 0.3) is 0 Å². The van der Waals surface area contributed by atoms with Gasteiger partial charge in [0.1, 0.15) is 0 Å². The van der Waals surface area contributed by atoms with Crippen LogP contribution in [0.5, 0.6) is 0 Å². The van der Waals surface area contributed by atoms with Crippen molar-refractivity contribution >= 4 is 10.8 Å². The van der Waals surface area contributed by atoms with Gasteiger partial charge in [0.25, 0.3) is 0 Å². The summed E-state index contributed by atoms with van der Waals surface area (Å²) >= 11 is 0. The molecule has 1 heterocycles. The Morgan fingerprint density at radius 3 is 2.85 bits per heavy atom. The molecule has 0 saturated carbocycles. The lowest BCUT2D eigenvalue weighted by atomic mass is 10.2. The van der Waals surface area contributed by atoms with E-state index in [1.165, 1.54) is 0 Å². The molecule has 3 nitrogen and oxygen atoms in total. The average molecular weight is 205 g/mol. The van der Waals surface area contributed by atoms with Gasteiger partial charge in [-0.15, -0.1) is 0 Å². The molecule has 78 valence electrons. The Morgan fingerprint density at radius 1 is 1.54 bits per heavy atom. The minimum absolute atomic E-state index is 0.230. The molecule has 0 amide bonds. The maximum atomic E-state index is 11.4. The zero-order chi connectivity index (χ0) is 9.68. The van der Waals surface area contributed by atoms with Crippen molar-refractivity contribution < 1.29 is 8.95 Å². The van der Waals surface area contributed by atoms with E-state index in [0.717, 1.165) is 25.0 Å². The summed E-state index contributed by atoms with van der Waals surface area (Å²) in [7, 11) is -0.730. The van der Waals surface area contributed by atoms with Crippen molar-refractivity contribution in [3.05, 3.63) is 0 Å². The lowest BCUT2D eigenvalue weighted by Gasteiger charge is -2.10. The minimum Gasteiger partial charge on any atom is -0.374 e. The second-order valence-electron chi connectivity index (χ2n) is 3.60. The second-order valence-corrected chi connectivity index (χ2v) is 5.22. The van der Waals surface area contributed by atoms with E-state index >= 15 is 0 Å². The lowest BCUT2D eigenvalue weighted by molar-refractivity contribution is 0.0695. The predicted octanol–water partition coefficient (Wildman–Crippen LogP) is 0.651. The van der Waals surface area contributed by atoms with Crippen LogP contribution in [0.3, 0.4) is 0 Å². The number of hydrogen-bond donors (Lipinski definition) is 1. The fraction of sp³-hybridized carbons (Fsp3) is 1.00. The first-order valence-electron chi connectivity index (χ1n) is 4.93. The van der Waals surface area contributed by atoms with Gasteiger partial charge in [0.05, 0.1) is 12.2 Å². The van der Waals surface area contributed by atoms with Crippen molar-refractivity contribution in [3.8, 4) is 0 Å². The SMILES string of the molecule is CC1CCC(CS(=O)CCCN)O1. The van der Waals surface area contributed by atoms with Crippen LogP contribution in [-0.4, -0.2) is 34.5 Å². The molecule has 3 atom stereocenters. The van der Waals surface area contributed by atoms with Crippen LogP contribution in [0.1, 0.15) is 26.2 Å². The van der Waals surface area contributed by atoms with Gasteiger partial charge < -0.3 is 10.5 Å². The summed E-state index contributed by atoms with van der Waals surface area (Å²) in [6.45, 7) is 2.70. The number of ether oxygens (including phenoxy) is 1. The summed E-state index contributed by atoms with van der Waals surface area (Å²) < 4.78 is 17.0. The summed E-state index contributed by atoms with van der Waals surface area (Å²) in [6.07, 6.45) is 3.62. The Morgan fingerprint density at radius 2 is 2.31 bits per heavy atom. The van der Waals surface area contributed by atoms with Crippen molar-refractivity contribution in [1.82, 2.24) is 0 Å². The molecule has 0 aromatic heterocycles. The quantitative estimate of drug-likeness (QED) is 0.717. The van der Waals surface area contributed by atoms with E-state index in [0.29, 0.717) is 18.4 Å². The fourth-order valence-corrected chi connectivity index (χ4v) is 2.86. The third kappa shape index (κ3) is 4.20. The van der Waals surface area contributed by atoms with Gasteiger partial charge in [0, 0.05) is 22.3 Å². The molecule has 1 saturated heterocycles. The molecular formula is C9H19NO2S. The Bertz CT molecular complexity index is 175. The van der Waals surface area contributed by atoms with Crippen molar-refractivity contribution in [3.63, 3.8) is 0 Å². The summed E-state index contributed by atoms with van der Waals surface area (Å²) in [4.78, 5) is 0. The molecule has 1 aliphatic heterocycles. The van der Waals surface area contributed by atoms with Gasteiger partial charge in [-0.2, -0.15) is 0 Å². The standard InChI is InChI=1S/C9H19NO2S/c1-8-3-4-9(12-8)7-13(11)6-2-5-10/h8-9H,2-7,10H2,1H3. The topological polar surface area (TPSA) is 52.3 Å². The number of nitrogens with two attached hydrogens (primary N) is 1. The van der Waals surface area contributed by atoms with E-state index in [1.807, 2.05) is 0 Å². The molecule has 13 heavy (non-hydrogen) atoms.